The number of carbonyl (C=O) groups excluding carboxylic acids is 1. The van der Waals surface area contributed by atoms with Crippen LogP contribution in [-0.2, 0) is 11.3 Å². The molecule has 0 atom stereocenters. The molecule has 0 fully saturated rings. The zero-order chi connectivity index (χ0) is 26.2. The Bertz CT molecular complexity index is 1850. The first-order chi connectivity index (χ1) is 18.5. The zero-order valence-corrected chi connectivity index (χ0v) is 20.0. The predicted molar refractivity (Wildman–Crippen MR) is 136 cm³/mol. The van der Waals surface area contributed by atoms with E-state index in [1.807, 2.05) is 30.3 Å². The summed E-state index contributed by atoms with van der Waals surface area (Å²) in [5, 5.41) is 9.18. The predicted octanol–water partition coefficient (Wildman–Crippen LogP) is 5.22. The average Bonchev–Trinajstić information content (AvgIpc) is 3.34. The molecule has 0 saturated carbocycles. The molecular weight excluding hydrogens is 490 g/mol. The van der Waals surface area contributed by atoms with Crippen molar-refractivity contribution in [3.63, 3.8) is 0 Å². The molecule has 3 aromatic carbocycles. The summed E-state index contributed by atoms with van der Waals surface area (Å²) < 4.78 is 34.4. The number of halogens is 2. The molecule has 0 aliphatic carbocycles. The van der Waals surface area contributed by atoms with Crippen LogP contribution in [0.4, 0.5) is 8.78 Å². The minimum Gasteiger partial charge on any atom is -0.465 e. The number of methoxy groups -OCH3 is 1. The highest BCUT2D eigenvalue weighted by molar-refractivity contribution is 5.90. The number of esters is 1. The second kappa shape index (κ2) is 9.40. The van der Waals surface area contributed by atoms with Crippen LogP contribution in [0.1, 0.15) is 15.9 Å². The van der Waals surface area contributed by atoms with Crippen molar-refractivity contribution in [1.82, 2.24) is 29.9 Å². The van der Waals surface area contributed by atoms with Crippen LogP contribution >= 0.6 is 0 Å². The SMILES string of the molecule is COC(=O)c1ccc(-c2cnc3nnn(Cc4ccc5ncc(-c6cccc(F)c6)cc5c4)c3n2)cc1F. The minimum absolute atomic E-state index is 0.164. The molecule has 3 aromatic heterocycles. The van der Waals surface area contributed by atoms with E-state index in [0.29, 0.717) is 29.1 Å². The van der Waals surface area contributed by atoms with Gasteiger partial charge in [-0.25, -0.2) is 28.2 Å². The first-order valence-corrected chi connectivity index (χ1v) is 11.6. The first-order valence-electron chi connectivity index (χ1n) is 11.6. The van der Waals surface area contributed by atoms with Gasteiger partial charge in [-0.1, -0.05) is 29.5 Å². The van der Waals surface area contributed by atoms with Gasteiger partial charge in [-0.05, 0) is 53.6 Å². The normalized spacial score (nSPS) is 11.2. The maximum atomic E-state index is 14.5. The van der Waals surface area contributed by atoms with Crippen molar-refractivity contribution < 1.29 is 18.3 Å². The molecule has 0 aliphatic rings. The van der Waals surface area contributed by atoms with E-state index >= 15 is 0 Å². The number of ether oxygens (including phenoxy) is 1. The second-order valence-corrected chi connectivity index (χ2v) is 8.60. The molecule has 6 aromatic rings. The molecule has 6 rings (SSSR count). The average molecular weight is 508 g/mol. The van der Waals surface area contributed by atoms with Crippen molar-refractivity contribution in [2.45, 2.75) is 6.54 Å². The number of fused-ring (bicyclic) bond motifs is 2. The minimum atomic E-state index is -0.758. The second-order valence-electron chi connectivity index (χ2n) is 8.60. The highest BCUT2D eigenvalue weighted by atomic mass is 19.1. The fourth-order valence-corrected chi connectivity index (χ4v) is 4.23. The quantitative estimate of drug-likeness (QED) is 0.295. The number of nitrogens with zero attached hydrogens (tertiary/aromatic N) is 6. The summed E-state index contributed by atoms with van der Waals surface area (Å²) in [5.41, 5.74) is 4.72. The molecule has 0 spiro atoms. The molecule has 0 bridgehead atoms. The number of hydrogen-bond donors (Lipinski definition) is 0. The molecular formula is C28H18F2N6O2. The summed E-state index contributed by atoms with van der Waals surface area (Å²) in [6, 6.07) is 18.3. The molecule has 0 saturated heterocycles. The molecule has 0 amide bonds. The topological polar surface area (TPSA) is 95.7 Å². The number of pyridine rings is 1. The van der Waals surface area contributed by atoms with Crippen LogP contribution in [0.3, 0.4) is 0 Å². The third-order valence-corrected chi connectivity index (χ3v) is 6.13. The summed E-state index contributed by atoms with van der Waals surface area (Å²) in [4.78, 5) is 25.1. The molecule has 8 nitrogen and oxygen atoms in total. The number of aromatic nitrogens is 6. The Labute approximate surface area is 214 Å². The van der Waals surface area contributed by atoms with Crippen LogP contribution in [0, 0.1) is 11.6 Å². The molecule has 0 radical (unpaired) electrons. The van der Waals surface area contributed by atoms with Gasteiger partial charge < -0.3 is 4.74 Å². The Kier molecular flexibility index (Phi) is 5.76. The van der Waals surface area contributed by atoms with Crippen LogP contribution in [-0.4, -0.2) is 43.0 Å². The van der Waals surface area contributed by atoms with E-state index in [-0.39, 0.29) is 11.4 Å². The van der Waals surface area contributed by atoms with Crippen LogP contribution in [0.5, 0.6) is 0 Å². The Morgan fingerprint density at radius 1 is 0.921 bits per heavy atom. The van der Waals surface area contributed by atoms with Gasteiger partial charge in [0.1, 0.15) is 11.6 Å². The van der Waals surface area contributed by atoms with Crippen molar-refractivity contribution in [1.29, 1.82) is 0 Å². The molecule has 0 unspecified atom stereocenters. The number of benzene rings is 3. The van der Waals surface area contributed by atoms with Gasteiger partial charge in [-0.3, -0.25) is 4.98 Å². The summed E-state index contributed by atoms with van der Waals surface area (Å²) in [6.45, 7) is 0.352. The van der Waals surface area contributed by atoms with E-state index in [2.05, 4.69) is 30.0 Å². The summed E-state index contributed by atoms with van der Waals surface area (Å²) in [6.07, 6.45) is 3.20. The van der Waals surface area contributed by atoms with E-state index in [0.717, 1.165) is 27.6 Å². The molecule has 38 heavy (non-hydrogen) atoms. The maximum absolute atomic E-state index is 14.5. The van der Waals surface area contributed by atoms with E-state index in [1.165, 1.54) is 37.6 Å². The van der Waals surface area contributed by atoms with Gasteiger partial charge in [0, 0.05) is 22.7 Å². The number of carbonyl (C=O) groups is 1. The van der Waals surface area contributed by atoms with Gasteiger partial charge in [0.2, 0.25) is 5.65 Å². The summed E-state index contributed by atoms with van der Waals surface area (Å²) in [7, 11) is 1.19. The lowest BCUT2D eigenvalue weighted by atomic mass is 10.0. The molecule has 0 aliphatic heterocycles. The fraction of sp³-hybridized carbons (Fsp3) is 0.0714. The molecule has 0 N–H and O–H groups in total. The van der Waals surface area contributed by atoms with Crippen LogP contribution in [0.2, 0.25) is 0 Å². The number of rotatable bonds is 5. The van der Waals surface area contributed by atoms with Crippen LogP contribution in [0.25, 0.3) is 44.6 Å². The fourth-order valence-electron chi connectivity index (χ4n) is 4.23. The molecule has 10 heteroatoms. The first kappa shape index (κ1) is 23.3. The van der Waals surface area contributed by atoms with Crippen molar-refractivity contribution in [3.8, 4) is 22.4 Å². The third-order valence-electron chi connectivity index (χ3n) is 6.13. The Hall–Kier alpha value is -5.12. The van der Waals surface area contributed by atoms with Gasteiger partial charge in [0.15, 0.2) is 5.65 Å². The Morgan fingerprint density at radius 3 is 2.63 bits per heavy atom. The number of hydrogen-bond acceptors (Lipinski definition) is 7. The highest BCUT2D eigenvalue weighted by Crippen LogP contribution is 2.25. The summed E-state index contributed by atoms with van der Waals surface area (Å²) in [5.74, 6) is -1.78. The smallest absolute Gasteiger partial charge is 0.340 e. The molecule has 186 valence electrons. The van der Waals surface area contributed by atoms with E-state index in [9.17, 15) is 13.6 Å². The Balaban J connectivity index is 1.33. The lowest BCUT2D eigenvalue weighted by Crippen LogP contribution is -2.05. The van der Waals surface area contributed by atoms with E-state index < -0.39 is 11.8 Å². The van der Waals surface area contributed by atoms with Gasteiger partial charge in [-0.2, -0.15) is 0 Å². The van der Waals surface area contributed by atoms with Crippen molar-refractivity contribution in [2.75, 3.05) is 7.11 Å². The van der Waals surface area contributed by atoms with Crippen molar-refractivity contribution in [3.05, 3.63) is 102 Å². The van der Waals surface area contributed by atoms with Gasteiger partial charge >= 0.3 is 5.97 Å². The maximum Gasteiger partial charge on any atom is 0.340 e. The zero-order valence-electron chi connectivity index (χ0n) is 20.0. The Morgan fingerprint density at radius 2 is 1.82 bits per heavy atom. The van der Waals surface area contributed by atoms with Crippen LogP contribution in [0.15, 0.2) is 79.1 Å². The van der Waals surface area contributed by atoms with Crippen molar-refractivity contribution >= 4 is 28.2 Å². The van der Waals surface area contributed by atoms with E-state index in [4.69, 9.17) is 0 Å². The highest BCUT2D eigenvalue weighted by Gasteiger charge is 2.15. The van der Waals surface area contributed by atoms with Gasteiger partial charge in [-0.15, -0.1) is 5.10 Å². The largest absolute Gasteiger partial charge is 0.465 e. The lowest BCUT2D eigenvalue weighted by Gasteiger charge is -2.07. The third kappa shape index (κ3) is 4.32. The molecule has 3 heterocycles. The van der Waals surface area contributed by atoms with Crippen molar-refractivity contribution in [2.24, 2.45) is 0 Å². The monoisotopic (exact) mass is 508 g/mol. The van der Waals surface area contributed by atoms with E-state index in [1.54, 1.807) is 23.0 Å². The standard InChI is InChI=1S/C28H18F2N6O2/c1-38-28(37)22-7-6-18(12-23(22)30)25-14-32-26-27(33-25)36(35-34-26)15-16-5-8-24-19(9-16)10-20(13-31-24)17-3-2-4-21(29)11-17/h2-14H,15H2,1H3. The lowest BCUT2D eigenvalue weighted by molar-refractivity contribution is 0.0595. The van der Waals surface area contributed by atoms with Gasteiger partial charge in [0.25, 0.3) is 0 Å². The summed E-state index contributed by atoms with van der Waals surface area (Å²) >= 11 is 0. The van der Waals surface area contributed by atoms with Gasteiger partial charge in [0.05, 0.1) is 36.6 Å². The van der Waals surface area contributed by atoms with Crippen LogP contribution < -0.4 is 0 Å².